The second-order valence-electron chi connectivity index (χ2n) is 4.93. The van der Waals surface area contributed by atoms with Crippen molar-refractivity contribution in [3.05, 3.63) is 29.8 Å². The number of hydrogen-bond acceptors (Lipinski definition) is 3. The molecule has 0 saturated carbocycles. The van der Waals surface area contributed by atoms with E-state index in [1.165, 1.54) is 24.3 Å². The monoisotopic (exact) mass is 292 g/mol. The summed E-state index contributed by atoms with van der Waals surface area (Å²) < 4.78 is 39.9. The summed E-state index contributed by atoms with van der Waals surface area (Å²) in [4.78, 5) is 0. The molecule has 0 radical (unpaired) electrons. The smallest absolute Gasteiger partial charge is 0.406 e. The molecule has 0 aliphatic rings. The number of benzene rings is 1. The van der Waals surface area contributed by atoms with Crippen molar-refractivity contribution in [2.45, 2.75) is 32.5 Å². The topological polar surface area (TPSA) is 49.7 Å². The van der Waals surface area contributed by atoms with Gasteiger partial charge in [0.05, 0.1) is 13.2 Å². The summed E-state index contributed by atoms with van der Waals surface area (Å²) in [6.07, 6.45) is -2.86. The number of halogens is 3. The molecule has 0 amide bonds. The Kier molecular flexibility index (Phi) is 5.83. The lowest BCUT2D eigenvalue weighted by molar-refractivity contribution is -0.274. The molecule has 0 spiro atoms. The fraction of sp³-hybridized carbons (Fsp3) is 0.571. The summed E-state index contributed by atoms with van der Waals surface area (Å²) in [5, 5.41) is 18.9. The van der Waals surface area contributed by atoms with E-state index in [-0.39, 0.29) is 19.0 Å². The normalized spacial score (nSPS) is 12.5. The van der Waals surface area contributed by atoms with E-state index in [0.29, 0.717) is 12.8 Å². The van der Waals surface area contributed by atoms with E-state index >= 15 is 0 Å². The average Bonchev–Trinajstić information content (AvgIpc) is 2.39. The first-order valence-corrected chi connectivity index (χ1v) is 6.40. The van der Waals surface area contributed by atoms with Gasteiger partial charge in [0, 0.05) is 5.41 Å². The third-order valence-electron chi connectivity index (χ3n) is 3.19. The predicted octanol–water partition coefficient (Wildman–Crippen LogP) is 2.90. The van der Waals surface area contributed by atoms with Crippen LogP contribution in [-0.2, 0) is 6.42 Å². The predicted molar refractivity (Wildman–Crippen MR) is 68.3 cm³/mol. The number of aliphatic hydroxyl groups is 2. The van der Waals surface area contributed by atoms with Gasteiger partial charge in [-0.25, -0.2) is 0 Å². The van der Waals surface area contributed by atoms with Gasteiger partial charge in [0.25, 0.3) is 0 Å². The van der Waals surface area contributed by atoms with E-state index in [1.54, 1.807) is 0 Å². The maximum atomic E-state index is 12.0. The molecule has 0 aliphatic heterocycles. The minimum Gasteiger partial charge on any atom is -0.406 e. The lowest BCUT2D eigenvalue weighted by atomic mass is 9.79. The van der Waals surface area contributed by atoms with Crippen LogP contribution in [0.2, 0.25) is 0 Å². The van der Waals surface area contributed by atoms with Crippen LogP contribution in [0.5, 0.6) is 5.75 Å². The summed E-state index contributed by atoms with van der Waals surface area (Å²) in [6.45, 7) is 1.61. The molecule has 1 rings (SSSR count). The van der Waals surface area contributed by atoms with Gasteiger partial charge in [-0.1, -0.05) is 25.5 Å². The molecular weight excluding hydrogens is 273 g/mol. The fourth-order valence-electron chi connectivity index (χ4n) is 2.18. The van der Waals surface area contributed by atoms with Crippen LogP contribution in [0.3, 0.4) is 0 Å². The Labute approximate surface area is 116 Å². The van der Waals surface area contributed by atoms with Gasteiger partial charge in [-0.05, 0) is 30.5 Å². The highest BCUT2D eigenvalue weighted by Gasteiger charge is 2.31. The second-order valence-corrected chi connectivity index (χ2v) is 4.93. The average molecular weight is 292 g/mol. The molecule has 0 aliphatic carbocycles. The third-order valence-corrected chi connectivity index (χ3v) is 3.19. The first-order valence-electron chi connectivity index (χ1n) is 6.40. The lowest BCUT2D eigenvalue weighted by Gasteiger charge is -2.29. The second kappa shape index (κ2) is 6.95. The minimum absolute atomic E-state index is 0.169. The van der Waals surface area contributed by atoms with E-state index in [1.807, 2.05) is 6.92 Å². The Bertz CT molecular complexity index is 397. The zero-order valence-corrected chi connectivity index (χ0v) is 11.3. The molecule has 6 heteroatoms. The molecule has 1 aromatic rings. The Balaban J connectivity index is 2.77. The number of rotatable bonds is 7. The summed E-state index contributed by atoms with van der Waals surface area (Å²) in [5.41, 5.74) is 0.109. The summed E-state index contributed by atoms with van der Waals surface area (Å²) >= 11 is 0. The molecule has 0 bridgehead atoms. The molecule has 114 valence electrons. The van der Waals surface area contributed by atoms with E-state index in [9.17, 15) is 23.4 Å². The Morgan fingerprint density at radius 3 is 2.00 bits per heavy atom. The van der Waals surface area contributed by atoms with Crippen LogP contribution >= 0.6 is 0 Å². The summed E-state index contributed by atoms with van der Waals surface area (Å²) in [6, 6.07) is 5.48. The maximum absolute atomic E-state index is 12.0. The first kappa shape index (κ1) is 16.8. The summed E-state index contributed by atoms with van der Waals surface area (Å²) in [5.74, 6) is -0.282. The van der Waals surface area contributed by atoms with Gasteiger partial charge < -0.3 is 14.9 Å². The van der Waals surface area contributed by atoms with Crippen molar-refractivity contribution in [1.29, 1.82) is 0 Å². The van der Waals surface area contributed by atoms with Crippen molar-refractivity contribution in [2.75, 3.05) is 13.2 Å². The van der Waals surface area contributed by atoms with E-state index in [2.05, 4.69) is 4.74 Å². The Morgan fingerprint density at radius 2 is 1.60 bits per heavy atom. The van der Waals surface area contributed by atoms with E-state index < -0.39 is 11.8 Å². The molecule has 0 fully saturated rings. The number of hydrogen-bond donors (Lipinski definition) is 2. The van der Waals surface area contributed by atoms with Crippen molar-refractivity contribution in [3.8, 4) is 5.75 Å². The standard InChI is InChI=1S/C14H19F3O3/c1-2-7-13(9-18,10-19)8-11-3-5-12(6-4-11)20-14(15,16)17/h3-6,18-19H,2,7-10H2,1H3. The maximum Gasteiger partial charge on any atom is 0.573 e. The molecular formula is C14H19F3O3. The van der Waals surface area contributed by atoms with Gasteiger partial charge >= 0.3 is 6.36 Å². The zero-order valence-electron chi connectivity index (χ0n) is 11.3. The first-order chi connectivity index (χ1) is 9.34. The van der Waals surface area contributed by atoms with Gasteiger partial charge in [-0.3, -0.25) is 0 Å². The molecule has 0 aromatic heterocycles. The minimum atomic E-state index is -4.70. The zero-order chi connectivity index (χ0) is 15.2. The van der Waals surface area contributed by atoms with Crippen molar-refractivity contribution < 1.29 is 28.1 Å². The van der Waals surface area contributed by atoms with Crippen molar-refractivity contribution in [3.63, 3.8) is 0 Å². The molecule has 20 heavy (non-hydrogen) atoms. The number of ether oxygens (including phenoxy) is 1. The van der Waals surface area contributed by atoms with E-state index in [0.717, 1.165) is 12.0 Å². The van der Waals surface area contributed by atoms with Crippen LogP contribution < -0.4 is 4.74 Å². The molecule has 0 unspecified atom stereocenters. The van der Waals surface area contributed by atoms with Gasteiger partial charge in [-0.2, -0.15) is 0 Å². The van der Waals surface area contributed by atoms with Crippen LogP contribution in [0.15, 0.2) is 24.3 Å². The van der Waals surface area contributed by atoms with Crippen LogP contribution in [0.25, 0.3) is 0 Å². The number of alkyl halides is 3. The highest BCUT2D eigenvalue weighted by Crippen LogP contribution is 2.29. The van der Waals surface area contributed by atoms with Crippen LogP contribution in [0.4, 0.5) is 13.2 Å². The van der Waals surface area contributed by atoms with Gasteiger partial charge in [0.2, 0.25) is 0 Å². The number of aliphatic hydroxyl groups excluding tert-OH is 2. The van der Waals surface area contributed by atoms with Crippen molar-refractivity contribution >= 4 is 0 Å². The van der Waals surface area contributed by atoms with Gasteiger partial charge in [0.15, 0.2) is 0 Å². The highest BCUT2D eigenvalue weighted by molar-refractivity contribution is 5.28. The lowest BCUT2D eigenvalue weighted by Crippen LogP contribution is -2.32. The molecule has 0 atom stereocenters. The third kappa shape index (κ3) is 5.02. The highest BCUT2D eigenvalue weighted by atomic mass is 19.4. The Morgan fingerprint density at radius 1 is 1.05 bits per heavy atom. The van der Waals surface area contributed by atoms with Crippen molar-refractivity contribution in [2.24, 2.45) is 5.41 Å². The van der Waals surface area contributed by atoms with Crippen LogP contribution in [-0.4, -0.2) is 29.8 Å². The molecule has 2 N–H and O–H groups in total. The van der Waals surface area contributed by atoms with Crippen LogP contribution in [0.1, 0.15) is 25.3 Å². The molecule has 0 saturated heterocycles. The SMILES string of the molecule is CCCC(CO)(CO)Cc1ccc(OC(F)(F)F)cc1. The Hall–Kier alpha value is -1.27. The largest absolute Gasteiger partial charge is 0.573 e. The molecule has 1 aromatic carbocycles. The quantitative estimate of drug-likeness (QED) is 0.812. The van der Waals surface area contributed by atoms with Gasteiger partial charge in [-0.15, -0.1) is 13.2 Å². The van der Waals surface area contributed by atoms with Crippen molar-refractivity contribution in [1.82, 2.24) is 0 Å². The van der Waals surface area contributed by atoms with Gasteiger partial charge in [0.1, 0.15) is 5.75 Å². The van der Waals surface area contributed by atoms with Crippen LogP contribution in [0, 0.1) is 5.41 Å². The summed E-state index contributed by atoms with van der Waals surface area (Å²) in [7, 11) is 0. The molecule has 3 nitrogen and oxygen atoms in total. The molecule has 0 heterocycles. The fourth-order valence-corrected chi connectivity index (χ4v) is 2.18. The van der Waals surface area contributed by atoms with E-state index in [4.69, 9.17) is 0 Å².